The number of esters is 2. The Balaban J connectivity index is 2.33. The van der Waals surface area contributed by atoms with E-state index < -0.39 is 61.3 Å². The van der Waals surface area contributed by atoms with Crippen LogP contribution in [0.15, 0.2) is 24.3 Å². The fourth-order valence-electron chi connectivity index (χ4n) is 7.22. The number of carboxylic acids is 1. The Morgan fingerprint density at radius 2 is 0.898 bits per heavy atom. The molecule has 11 heteroatoms. The first-order valence-corrected chi connectivity index (χ1v) is 23.9. The summed E-state index contributed by atoms with van der Waals surface area (Å²) >= 11 is 0. The Morgan fingerprint density at radius 1 is 0.508 bits per heavy atom. The minimum absolute atomic E-state index is 0.174. The number of carboxylic acid groups (broad SMARTS) is 1. The van der Waals surface area contributed by atoms with E-state index in [1.165, 1.54) is 116 Å². The Bertz CT molecular complexity index is 1080. The summed E-state index contributed by atoms with van der Waals surface area (Å²) in [5.41, 5.74) is 0. The molecule has 0 amide bonds. The van der Waals surface area contributed by atoms with E-state index in [-0.39, 0.29) is 19.4 Å². The molecule has 59 heavy (non-hydrogen) atoms. The first kappa shape index (κ1) is 54.7. The van der Waals surface area contributed by atoms with Crippen LogP contribution in [0.4, 0.5) is 0 Å². The average molecular weight is 839 g/mol. The highest BCUT2D eigenvalue weighted by atomic mass is 16.7. The van der Waals surface area contributed by atoms with Crippen LogP contribution in [-0.2, 0) is 33.3 Å². The van der Waals surface area contributed by atoms with Crippen LogP contribution in [0, 0.1) is 0 Å². The van der Waals surface area contributed by atoms with Crippen LogP contribution < -0.4 is 0 Å². The Labute approximate surface area is 358 Å². The third-order valence-electron chi connectivity index (χ3n) is 11.0. The van der Waals surface area contributed by atoms with E-state index in [0.29, 0.717) is 12.8 Å². The van der Waals surface area contributed by atoms with Gasteiger partial charge in [0.2, 0.25) is 0 Å². The molecule has 0 saturated carbocycles. The fourth-order valence-corrected chi connectivity index (χ4v) is 7.22. The molecule has 0 aromatic heterocycles. The van der Waals surface area contributed by atoms with Gasteiger partial charge in [-0.15, -0.1) is 0 Å². The number of aliphatic hydroxyl groups excluding tert-OH is 3. The van der Waals surface area contributed by atoms with Gasteiger partial charge in [0.15, 0.2) is 18.5 Å². The molecule has 6 atom stereocenters. The van der Waals surface area contributed by atoms with E-state index in [1.54, 1.807) is 0 Å². The highest BCUT2D eigenvalue weighted by Gasteiger charge is 2.47. The van der Waals surface area contributed by atoms with E-state index in [2.05, 4.69) is 38.2 Å². The lowest BCUT2D eigenvalue weighted by Crippen LogP contribution is -2.60. The number of rotatable bonds is 40. The quantitative estimate of drug-likeness (QED) is 0.0263. The van der Waals surface area contributed by atoms with Crippen LogP contribution in [0.2, 0.25) is 0 Å². The van der Waals surface area contributed by atoms with Crippen LogP contribution in [0.5, 0.6) is 0 Å². The summed E-state index contributed by atoms with van der Waals surface area (Å²) in [6, 6.07) is 0. The van der Waals surface area contributed by atoms with Crippen molar-refractivity contribution in [2.45, 2.75) is 250 Å². The number of carbonyl (C=O) groups excluding carboxylic acids is 2. The van der Waals surface area contributed by atoms with Gasteiger partial charge in [-0.25, -0.2) is 4.79 Å². The number of unbranched alkanes of at least 4 members (excludes halogenated alkanes) is 25. The molecule has 0 aromatic carbocycles. The molecule has 1 fully saturated rings. The van der Waals surface area contributed by atoms with Crippen LogP contribution in [0.1, 0.15) is 213 Å². The van der Waals surface area contributed by atoms with Crippen molar-refractivity contribution in [3.63, 3.8) is 0 Å². The molecule has 11 nitrogen and oxygen atoms in total. The van der Waals surface area contributed by atoms with Crippen LogP contribution in [0.25, 0.3) is 0 Å². The van der Waals surface area contributed by atoms with Crippen molar-refractivity contribution < 1.29 is 53.8 Å². The summed E-state index contributed by atoms with van der Waals surface area (Å²) in [7, 11) is 0. The molecule has 344 valence electrons. The maximum Gasteiger partial charge on any atom is 0.335 e. The zero-order valence-corrected chi connectivity index (χ0v) is 37.3. The predicted octanol–water partition coefficient (Wildman–Crippen LogP) is 10.6. The van der Waals surface area contributed by atoms with Gasteiger partial charge in [-0.1, -0.05) is 160 Å². The lowest BCUT2D eigenvalue weighted by Gasteiger charge is -2.38. The van der Waals surface area contributed by atoms with E-state index in [4.69, 9.17) is 18.9 Å². The summed E-state index contributed by atoms with van der Waals surface area (Å²) in [4.78, 5) is 36.9. The summed E-state index contributed by atoms with van der Waals surface area (Å²) < 4.78 is 21.8. The molecular weight excluding hydrogens is 753 g/mol. The number of allylic oxidation sites excluding steroid dienone is 4. The molecule has 1 heterocycles. The fraction of sp³-hybridized carbons (Fsp3) is 0.854. The van der Waals surface area contributed by atoms with Gasteiger partial charge in [-0.3, -0.25) is 9.59 Å². The number of ether oxygens (including phenoxy) is 4. The molecule has 1 saturated heterocycles. The zero-order chi connectivity index (χ0) is 43.2. The van der Waals surface area contributed by atoms with Crippen molar-refractivity contribution in [3.8, 4) is 0 Å². The highest BCUT2D eigenvalue weighted by Crippen LogP contribution is 2.23. The number of aliphatic hydroxyl groups is 3. The highest BCUT2D eigenvalue weighted by molar-refractivity contribution is 5.73. The number of aliphatic carboxylic acids is 1. The van der Waals surface area contributed by atoms with Gasteiger partial charge >= 0.3 is 17.9 Å². The summed E-state index contributed by atoms with van der Waals surface area (Å²) in [6.45, 7) is 3.80. The minimum atomic E-state index is -1.86. The smallest absolute Gasteiger partial charge is 0.335 e. The van der Waals surface area contributed by atoms with E-state index in [0.717, 1.165) is 57.8 Å². The zero-order valence-electron chi connectivity index (χ0n) is 37.3. The molecular formula is C48H86O11. The van der Waals surface area contributed by atoms with Crippen molar-refractivity contribution >= 4 is 17.9 Å². The van der Waals surface area contributed by atoms with Crippen molar-refractivity contribution in [2.75, 3.05) is 13.2 Å². The van der Waals surface area contributed by atoms with Gasteiger partial charge in [-0.2, -0.15) is 0 Å². The van der Waals surface area contributed by atoms with Gasteiger partial charge in [0, 0.05) is 12.8 Å². The second-order valence-electron chi connectivity index (χ2n) is 16.6. The molecule has 1 rings (SSSR count). The van der Waals surface area contributed by atoms with Gasteiger partial charge < -0.3 is 39.4 Å². The number of hydrogen-bond acceptors (Lipinski definition) is 10. The first-order chi connectivity index (χ1) is 28.7. The van der Waals surface area contributed by atoms with Crippen LogP contribution >= 0.6 is 0 Å². The lowest BCUT2D eigenvalue weighted by molar-refractivity contribution is -0.298. The van der Waals surface area contributed by atoms with Crippen molar-refractivity contribution in [1.82, 2.24) is 0 Å². The van der Waals surface area contributed by atoms with Crippen LogP contribution in [-0.4, -0.2) is 88.4 Å². The van der Waals surface area contributed by atoms with Gasteiger partial charge in [0.1, 0.15) is 24.9 Å². The predicted molar refractivity (Wildman–Crippen MR) is 234 cm³/mol. The van der Waals surface area contributed by atoms with Crippen molar-refractivity contribution in [2.24, 2.45) is 0 Å². The maximum atomic E-state index is 12.8. The average Bonchev–Trinajstić information content (AvgIpc) is 3.22. The SMILES string of the molecule is CCCCCCC/C=C\CCCCCCCC(=O)OC(COC(=O)CCCCCCCCCCC/C=C\CCCCCCCC)COC1OC(C(=O)O)C(O)C(O)C1O. The molecule has 4 N–H and O–H groups in total. The monoisotopic (exact) mass is 839 g/mol. The first-order valence-electron chi connectivity index (χ1n) is 23.9. The largest absolute Gasteiger partial charge is 0.479 e. The summed E-state index contributed by atoms with van der Waals surface area (Å²) in [6.07, 6.45) is 33.7. The van der Waals surface area contributed by atoms with Crippen molar-refractivity contribution in [1.29, 1.82) is 0 Å². The molecule has 0 spiro atoms. The minimum Gasteiger partial charge on any atom is -0.479 e. The maximum absolute atomic E-state index is 12.8. The standard InChI is InChI=1S/C48H86O11/c1-3-5-7-9-11-13-15-17-19-20-21-22-23-25-26-28-30-32-34-36-41(49)56-38-40(39-57-48-45(53)43(51)44(52)46(59-48)47(54)55)58-42(50)37-35-33-31-29-27-24-18-16-14-12-10-8-6-4-2/h16-19,40,43-46,48,51-53H,3-15,20-39H2,1-2H3,(H,54,55)/b18-16-,19-17-. The summed E-state index contributed by atoms with van der Waals surface area (Å²) in [5.74, 6) is -2.45. The van der Waals surface area contributed by atoms with Gasteiger partial charge in [-0.05, 0) is 64.2 Å². The molecule has 1 aliphatic heterocycles. The van der Waals surface area contributed by atoms with E-state index in [1.807, 2.05) is 0 Å². The number of carbonyl (C=O) groups is 3. The molecule has 0 bridgehead atoms. The molecule has 6 unspecified atom stereocenters. The lowest BCUT2D eigenvalue weighted by atomic mass is 9.99. The van der Waals surface area contributed by atoms with Crippen LogP contribution in [0.3, 0.4) is 0 Å². The Morgan fingerprint density at radius 3 is 1.32 bits per heavy atom. The van der Waals surface area contributed by atoms with E-state index >= 15 is 0 Å². The van der Waals surface area contributed by atoms with Gasteiger partial charge in [0.25, 0.3) is 0 Å². The van der Waals surface area contributed by atoms with Gasteiger partial charge in [0.05, 0.1) is 6.61 Å². The summed E-state index contributed by atoms with van der Waals surface area (Å²) in [5, 5.41) is 39.8. The normalized spacial score (nSPS) is 20.1. The molecule has 0 aliphatic carbocycles. The molecule has 0 aromatic rings. The Kier molecular flexibility index (Phi) is 35.8. The number of hydrogen-bond donors (Lipinski definition) is 4. The topological polar surface area (TPSA) is 169 Å². The third-order valence-corrected chi connectivity index (χ3v) is 11.0. The second-order valence-corrected chi connectivity index (χ2v) is 16.6. The van der Waals surface area contributed by atoms with Crippen molar-refractivity contribution in [3.05, 3.63) is 24.3 Å². The van der Waals surface area contributed by atoms with E-state index in [9.17, 15) is 34.8 Å². The molecule has 1 aliphatic rings. The third kappa shape index (κ3) is 30.4. The molecule has 0 radical (unpaired) electrons. The Hall–Kier alpha value is -2.31. The second kappa shape index (κ2) is 38.6.